The van der Waals surface area contributed by atoms with Crippen molar-refractivity contribution in [3.05, 3.63) is 95.5 Å². The first-order valence-electron chi connectivity index (χ1n) is 11.3. The van der Waals surface area contributed by atoms with Crippen molar-refractivity contribution in [2.45, 2.75) is 58.0 Å². The van der Waals surface area contributed by atoms with Gasteiger partial charge in [0.2, 0.25) is 0 Å². The highest BCUT2D eigenvalue weighted by Gasteiger charge is 2.35. The maximum absolute atomic E-state index is 13.3. The number of hydrogen-bond acceptors (Lipinski definition) is 6. The van der Waals surface area contributed by atoms with Crippen LogP contribution in [0.1, 0.15) is 61.5 Å². The molecule has 3 heterocycles. The average Bonchev–Trinajstić information content (AvgIpc) is 3.53. The van der Waals surface area contributed by atoms with Crippen LogP contribution in [0.15, 0.2) is 71.6 Å². The number of halogens is 3. The van der Waals surface area contributed by atoms with Crippen LogP contribution in [0.2, 0.25) is 0 Å². The Morgan fingerprint density at radius 3 is 2.40 bits per heavy atom. The van der Waals surface area contributed by atoms with Gasteiger partial charge in [-0.25, -0.2) is 4.68 Å². The predicted octanol–water partition coefficient (Wildman–Crippen LogP) is 5.62. The molecule has 0 N–H and O–H groups in total. The summed E-state index contributed by atoms with van der Waals surface area (Å²) in [5.41, 5.74) is 0.452. The summed E-state index contributed by atoms with van der Waals surface area (Å²) in [6.45, 7) is 6.91. The van der Waals surface area contributed by atoms with Crippen molar-refractivity contribution in [1.29, 1.82) is 0 Å². The molecule has 0 aliphatic heterocycles. The second kappa shape index (κ2) is 9.99. The molecule has 0 spiro atoms. The van der Waals surface area contributed by atoms with Crippen molar-refractivity contribution in [1.82, 2.24) is 30.1 Å². The summed E-state index contributed by atoms with van der Waals surface area (Å²) >= 11 is 0. The van der Waals surface area contributed by atoms with Crippen LogP contribution in [0.3, 0.4) is 0 Å². The van der Waals surface area contributed by atoms with E-state index in [0.717, 1.165) is 24.1 Å². The number of hydrogen-bond donors (Lipinski definition) is 0. The summed E-state index contributed by atoms with van der Waals surface area (Å²) in [7, 11) is 0. The molecule has 3 aromatic heterocycles. The zero-order valence-corrected chi connectivity index (χ0v) is 19.8. The summed E-state index contributed by atoms with van der Waals surface area (Å²) in [5.74, 6) is 1.24. The third-order valence-corrected chi connectivity index (χ3v) is 6.14. The van der Waals surface area contributed by atoms with Gasteiger partial charge in [-0.1, -0.05) is 25.1 Å². The molecule has 0 saturated carbocycles. The summed E-state index contributed by atoms with van der Waals surface area (Å²) in [6.07, 6.45) is 1.37. The Morgan fingerprint density at radius 1 is 1.03 bits per heavy atom. The fraction of sp³-hybridized carbons (Fsp3) is 0.360. The van der Waals surface area contributed by atoms with Crippen LogP contribution in [-0.2, 0) is 24.8 Å². The molecule has 35 heavy (non-hydrogen) atoms. The van der Waals surface area contributed by atoms with E-state index >= 15 is 0 Å². The van der Waals surface area contributed by atoms with E-state index < -0.39 is 23.3 Å². The Hall–Kier alpha value is -3.53. The Bertz CT molecular complexity index is 1200. The van der Waals surface area contributed by atoms with Crippen molar-refractivity contribution < 1.29 is 17.6 Å². The van der Waals surface area contributed by atoms with Crippen LogP contribution in [0.4, 0.5) is 13.2 Å². The normalized spacial score (nSPS) is 13.3. The number of rotatable bonds is 9. The van der Waals surface area contributed by atoms with Gasteiger partial charge >= 0.3 is 6.18 Å². The minimum atomic E-state index is -4.43. The second-order valence-electron chi connectivity index (χ2n) is 8.98. The van der Waals surface area contributed by atoms with E-state index in [4.69, 9.17) is 4.42 Å². The molecule has 0 aliphatic rings. The third-order valence-electron chi connectivity index (χ3n) is 6.14. The molecule has 0 bridgehead atoms. The predicted molar refractivity (Wildman–Crippen MR) is 123 cm³/mol. The van der Waals surface area contributed by atoms with Gasteiger partial charge in [-0.3, -0.25) is 9.88 Å². The Morgan fingerprint density at radius 2 is 1.80 bits per heavy atom. The number of alkyl halides is 3. The number of furan rings is 1. The molecular formula is C25H27F3N6O. The maximum Gasteiger partial charge on any atom is 0.416 e. The zero-order valence-electron chi connectivity index (χ0n) is 19.8. The van der Waals surface area contributed by atoms with Crippen molar-refractivity contribution in [2.75, 3.05) is 0 Å². The molecule has 0 aliphatic carbocycles. The molecular weight excluding hydrogens is 457 g/mol. The van der Waals surface area contributed by atoms with Crippen LogP contribution in [0, 0.1) is 0 Å². The second-order valence-corrected chi connectivity index (χ2v) is 8.98. The fourth-order valence-corrected chi connectivity index (χ4v) is 3.89. The van der Waals surface area contributed by atoms with Crippen molar-refractivity contribution in [3.8, 4) is 0 Å². The first kappa shape index (κ1) is 24.6. The third kappa shape index (κ3) is 5.59. The number of aromatic nitrogens is 5. The SMILES string of the molecule is CCC(C)(C)n1nnnc1[C@@H](c1ccc(C(F)(F)F)cc1)N(Cc1cccnc1)Cc1ccco1. The number of tetrazole rings is 1. The highest BCUT2D eigenvalue weighted by Crippen LogP contribution is 2.35. The lowest BCUT2D eigenvalue weighted by Crippen LogP contribution is -2.35. The standard InChI is InChI=1S/C25H27F3N6O/c1-4-24(2,3)34-23(30-31-32-34)22(19-9-11-20(12-10-19)25(26,27)28)33(17-21-8-6-14-35-21)16-18-7-5-13-29-15-18/h5-15,22H,4,16-17H2,1-3H3/t22-/m1/s1. The van der Waals surface area contributed by atoms with Crippen LogP contribution in [0.25, 0.3) is 0 Å². The first-order chi connectivity index (χ1) is 16.7. The summed E-state index contributed by atoms with van der Waals surface area (Å²) in [6, 6.07) is 12.1. The first-order valence-corrected chi connectivity index (χ1v) is 11.3. The average molecular weight is 485 g/mol. The van der Waals surface area contributed by atoms with E-state index in [1.807, 2.05) is 39.0 Å². The van der Waals surface area contributed by atoms with E-state index in [1.165, 1.54) is 12.1 Å². The Labute approximate surface area is 201 Å². The lowest BCUT2D eigenvalue weighted by molar-refractivity contribution is -0.137. The zero-order chi connectivity index (χ0) is 25.1. The van der Waals surface area contributed by atoms with E-state index in [1.54, 1.807) is 29.4 Å². The van der Waals surface area contributed by atoms with Gasteiger partial charge < -0.3 is 4.42 Å². The minimum absolute atomic E-state index is 0.382. The molecule has 4 rings (SSSR count). The number of nitrogens with zero attached hydrogens (tertiary/aromatic N) is 6. The van der Waals surface area contributed by atoms with Gasteiger partial charge in [-0.2, -0.15) is 13.2 Å². The van der Waals surface area contributed by atoms with E-state index in [0.29, 0.717) is 30.2 Å². The van der Waals surface area contributed by atoms with Gasteiger partial charge in [-0.15, -0.1) is 5.10 Å². The molecule has 1 atom stereocenters. The van der Waals surface area contributed by atoms with Crippen LogP contribution >= 0.6 is 0 Å². The number of pyridine rings is 1. The minimum Gasteiger partial charge on any atom is -0.468 e. The molecule has 0 amide bonds. The quantitative estimate of drug-likeness (QED) is 0.307. The monoisotopic (exact) mass is 484 g/mol. The van der Waals surface area contributed by atoms with Gasteiger partial charge in [0.25, 0.3) is 0 Å². The van der Waals surface area contributed by atoms with Crippen molar-refractivity contribution in [3.63, 3.8) is 0 Å². The molecule has 10 heteroatoms. The number of benzene rings is 1. The van der Waals surface area contributed by atoms with E-state index in [2.05, 4.69) is 25.4 Å². The van der Waals surface area contributed by atoms with Crippen molar-refractivity contribution in [2.24, 2.45) is 0 Å². The molecule has 0 unspecified atom stereocenters. The largest absolute Gasteiger partial charge is 0.468 e. The molecule has 0 saturated heterocycles. The van der Waals surface area contributed by atoms with Gasteiger partial charge in [0, 0.05) is 18.9 Å². The fourth-order valence-electron chi connectivity index (χ4n) is 3.89. The maximum atomic E-state index is 13.3. The summed E-state index contributed by atoms with van der Waals surface area (Å²) < 4.78 is 47.3. The lowest BCUT2D eigenvalue weighted by Gasteiger charge is -2.33. The van der Waals surface area contributed by atoms with Gasteiger partial charge in [0.05, 0.1) is 30.0 Å². The van der Waals surface area contributed by atoms with Gasteiger partial charge in [0.15, 0.2) is 5.82 Å². The summed E-state index contributed by atoms with van der Waals surface area (Å²) in [4.78, 5) is 6.29. The lowest BCUT2D eigenvalue weighted by atomic mass is 9.98. The van der Waals surface area contributed by atoms with Crippen LogP contribution in [0.5, 0.6) is 0 Å². The van der Waals surface area contributed by atoms with Crippen LogP contribution < -0.4 is 0 Å². The molecule has 0 fully saturated rings. The molecule has 7 nitrogen and oxygen atoms in total. The topological polar surface area (TPSA) is 72.9 Å². The highest BCUT2D eigenvalue weighted by molar-refractivity contribution is 5.31. The molecule has 0 radical (unpaired) electrons. The summed E-state index contributed by atoms with van der Waals surface area (Å²) in [5, 5.41) is 12.6. The molecule has 1 aromatic carbocycles. The molecule has 4 aromatic rings. The van der Waals surface area contributed by atoms with E-state index in [9.17, 15) is 13.2 Å². The molecule has 184 valence electrons. The highest BCUT2D eigenvalue weighted by atomic mass is 19.4. The van der Waals surface area contributed by atoms with Gasteiger partial charge in [-0.05, 0) is 72.2 Å². The van der Waals surface area contributed by atoms with Crippen LogP contribution in [-0.4, -0.2) is 30.1 Å². The smallest absolute Gasteiger partial charge is 0.416 e. The Balaban J connectivity index is 1.85. The Kier molecular flexibility index (Phi) is 7.02. The van der Waals surface area contributed by atoms with Crippen molar-refractivity contribution >= 4 is 0 Å². The van der Waals surface area contributed by atoms with Gasteiger partial charge in [0.1, 0.15) is 5.76 Å². The van der Waals surface area contributed by atoms with E-state index in [-0.39, 0.29) is 0 Å².